The van der Waals surface area contributed by atoms with Crippen LogP contribution in [0.25, 0.3) is 5.76 Å². The molecule has 7 heteroatoms. The molecule has 3 aromatic carbocycles. The van der Waals surface area contributed by atoms with E-state index in [4.69, 9.17) is 18.9 Å². The van der Waals surface area contributed by atoms with E-state index in [1.54, 1.807) is 56.5 Å². The van der Waals surface area contributed by atoms with Crippen LogP contribution in [0.1, 0.15) is 18.1 Å². The van der Waals surface area contributed by atoms with Gasteiger partial charge in [-0.1, -0.05) is 30.3 Å². The number of aliphatic hydroxyl groups excluding tert-OH is 1. The van der Waals surface area contributed by atoms with Gasteiger partial charge in [0.05, 0.1) is 26.5 Å². The summed E-state index contributed by atoms with van der Waals surface area (Å²) < 4.78 is 21.6. The van der Waals surface area contributed by atoms with Crippen LogP contribution < -0.4 is 14.2 Å². The van der Waals surface area contributed by atoms with Gasteiger partial charge in [0, 0.05) is 11.8 Å². The smallest absolute Gasteiger partial charge is 0.343 e. The van der Waals surface area contributed by atoms with E-state index in [1.165, 1.54) is 13.3 Å². The molecule has 1 N–H and O–H groups in total. The Morgan fingerprint density at radius 1 is 0.941 bits per heavy atom. The molecule has 34 heavy (non-hydrogen) atoms. The highest BCUT2D eigenvalue weighted by Crippen LogP contribution is 2.32. The SMILES string of the molecule is CCOC(=O)C(C=Nc1ccc(OC)cc1)=C(O)c1ccc(OCc2ccccc2)c(OC)c1. The third kappa shape index (κ3) is 6.38. The first-order valence-corrected chi connectivity index (χ1v) is 10.7. The van der Waals surface area contributed by atoms with E-state index in [-0.39, 0.29) is 17.9 Å². The summed E-state index contributed by atoms with van der Waals surface area (Å²) in [7, 11) is 3.08. The number of methoxy groups -OCH3 is 2. The van der Waals surface area contributed by atoms with Crippen molar-refractivity contribution < 1.29 is 28.8 Å². The Balaban J connectivity index is 1.89. The molecule has 0 atom stereocenters. The molecule has 0 fully saturated rings. The van der Waals surface area contributed by atoms with Crippen LogP contribution in [0.5, 0.6) is 17.2 Å². The molecule has 0 aliphatic carbocycles. The molecule has 0 bridgehead atoms. The Morgan fingerprint density at radius 2 is 1.68 bits per heavy atom. The summed E-state index contributed by atoms with van der Waals surface area (Å²) in [4.78, 5) is 16.9. The fourth-order valence-corrected chi connectivity index (χ4v) is 3.05. The molecule has 7 nitrogen and oxygen atoms in total. The van der Waals surface area contributed by atoms with Crippen molar-refractivity contribution >= 4 is 23.6 Å². The molecule has 0 amide bonds. The number of aliphatic hydroxyl groups is 1. The average Bonchev–Trinajstić information content (AvgIpc) is 2.88. The van der Waals surface area contributed by atoms with Crippen molar-refractivity contribution in [3.8, 4) is 17.2 Å². The number of rotatable bonds is 10. The minimum Gasteiger partial charge on any atom is -0.506 e. The Bertz CT molecular complexity index is 1150. The number of esters is 1. The second-order valence-electron chi connectivity index (χ2n) is 7.08. The number of ether oxygens (including phenoxy) is 4. The van der Waals surface area contributed by atoms with Crippen LogP contribution in [0.4, 0.5) is 5.69 Å². The summed E-state index contributed by atoms with van der Waals surface area (Å²) in [6.45, 7) is 2.21. The van der Waals surface area contributed by atoms with E-state index in [9.17, 15) is 9.90 Å². The van der Waals surface area contributed by atoms with Crippen LogP contribution in [-0.2, 0) is 16.1 Å². The van der Waals surface area contributed by atoms with Gasteiger partial charge in [0.25, 0.3) is 0 Å². The third-order valence-corrected chi connectivity index (χ3v) is 4.84. The van der Waals surface area contributed by atoms with Crippen LogP contribution in [0.2, 0.25) is 0 Å². The van der Waals surface area contributed by atoms with E-state index in [0.717, 1.165) is 5.56 Å². The molecular formula is C27H27NO6. The van der Waals surface area contributed by atoms with Gasteiger partial charge in [0.2, 0.25) is 0 Å². The number of carbonyl (C=O) groups excluding carboxylic acids is 1. The molecule has 0 saturated heterocycles. The van der Waals surface area contributed by atoms with Crippen molar-refractivity contribution in [2.75, 3.05) is 20.8 Å². The first kappa shape index (κ1) is 24.4. The number of nitrogens with zero attached hydrogens (tertiary/aromatic N) is 1. The van der Waals surface area contributed by atoms with Gasteiger partial charge in [0.15, 0.2) is 11.5 Å². The Labute approximate surface area is 198 Å². The number of hydrogen-bond acceptors (Lipinski definition) is 7. The quantitative estimate of drug-likeness (QED) is 0.185. The normalized spacial score (nSPS) is 11.6. The molecule has 0 aliphatic heterocycles. The highest BCUT2D eigenvalue weighted by Gasteiger charge is 2.18. The van der Waals surface area contributed by atoms with Crippen LogP contribution >= 0.6 is 0 Å². The minimum atomic E-state index is -0.694. The molecular weight excluding hydrogens is 434 g/mol. The van der Waals surface area contributed by atoms with Crippen molar-refractivity contribution in [1.82, 2.24) is 0 Å². The van der Waals surface area contributed by atoms with Gasteiger partial charge < -0.3 is 24.1 Å². The second kappa shape index (κ2) is 12.1. The Kier molecular flexibility index (Phi) is 8.68. The second-order valence-corrected chi connectivity index (χ2v) is 7.08. The van der Waals surface area contributed by atoms with Gasteiger partial charge in [-0.3, -0.25) is 4.99 Å². The largest absolute Gasteiger partial charge is 0.506 e. The molecule has 0 spiro atoms. The highest BCUT2D eigenvalue weighted by atomic mass is 16.5. The van der Waals surface area contributed by atoms with E-state index in [0.29, 0.717) is 35.1 Å². The van der Waals surface area contributed by atoms with Crippen molar-refractivity contribution in [3.05, 3.63) is 89.5 Å². The monoisotopic (exact) mass is 461 g/mol. The van der Waals surface area contributed by atoms with Gasteiger partial charge in [-0.2, -0.15) is 0 Å². The maximum absolute atomic E-state index is 12.6. The predicted molar refractivity (Wildman–Crippen MR) is 131 cm³/mol. The van der Waals surface area contributed by atoms with E-state index >= 15 is 0 Å². The zero-order chi connectivity index (χ0) is 24.3. The highest BCUT2D eigenvalue weighted by molar-refractivity contribution is 6.15. The van der Waals surface area contributed by atoms with E-state index in [2.05, 4.69) is 4.99 Å². The topological polar surface area (TPSA) is 86.6 Å². The lowest BCUT2D eigenvalue weighted by Gasteiger charge is -2.13. The maximum Gasteiger partial charge on any atom is 0.343 e. The van der Waals surface area contributed by atoms with E-state index in [1.807, 2.05) is 30.3 Å². The zero-order valence-electron chi connectivity index (χ0n) is 19.4. The lowest BCUT2D eigenvalue weighted by atomic mass is 10.1. The van der Waals surface area contributed by atoms with Crippen LogP contribution in [0, 0.1) is 0 Å². The fraction of sp³-hybridized carbons (Fsp3) is 0.185. The molecule has 0 aliphatic rings. The Hall–Kier alpha value is -4.26. The first-order chi connectivity index (χ1) is 16.5. The molecule has 3 rings (SSSR count). The van der Waals surface area contributed by atoms with Gasteiger partial charge >= 0.3 is 5.97 Å². The summed E-state index contributed by atoms with van der Waals surface area (Å²) in [5, 5.41) is 10.9. The summed E-state index contributed by atoms with van der Waals surface area (Å²) in [6, 6.07) is 21.6. The number of carbonyl (C=O) groups is 1. The molecule has 0 radical (unpaired) electrons. The summed E-state index contributed by atoms with van der Waals surface area (Å²) in [5.41, 5.74) is 1.86. The Morgan fingerprint density at radius 3 is 2.32 bits per heavy atom. The van der Waals surface area contributed by atoms with Gasteiger partial charge in [-0.25, -0.2) is 4.79 Å². The average molecular weight is 462 g/mol. The molecule has 0 saturated carbocycles. The standard InChI is InChI=1S/C27H27NO6/c1-4-33-27(30)23(17-28-21-11-13-22(31-2)14-12-21)26(29)20-10-15-24(25(16-20)32-3)34-18-19-8-6-5-7-9-19/h5-17,29H,4,18H2,1-3H3. The minimum absolute atomic E-state index is 0.0855. The summed E-state index contributed by atoms with van der Waals surface area (Å²) >= 11 is 0. The predicted octanol–water partition coefficient (Wildman–Crippen LogP) is 5.52. The molecule has 176 valence electrons. The van der Waals surface area contributed by atoms with Crippen molar-refractivity contribution in [2.45, 2.75) is 13.5 Å². The number of benzene rings is 3. The van der Waals surface area contributed by atoms with Gasteiger partial charge in [-0.15, -0.1) is 0 Å². The molecule has 0 aromatic heterocycles. The van der Waals surface area contributed by atoms with Crippen molar-refractivity contribution in [3.63, 3.8) is 0 Å². The van der Waals surface area contributed by atoms with Gasteiger partial charge in [0.1, 0.15) is 23.7 Å². The fourth-order valence-electron chi connectivity index (χ4n) is 3.05. The van der Waals surface area contributed by atoms with Crippen LogP contribution in [-0.4, -0.2) is 38.1 Å². The molecule has 0 unspecified atom stereocenters. The van der Waals surface area contributed by atoms with Crippen LogP contribution in [0.15, 0.2) is 83.4 Å². The zero-order valence-corrected chi connectivity index (χ0v) is 19.4. The lowest BCUT2D eigenvalue weighted by molar-refractivity contribution is -0.137. The number of aliphatic imine (C=N–C) groups is 1. The molecule has 0 heterocycles. The first-order valence-electron chi connectivity index (χ1n) is 10.7. The van der Waals surface area contributed by atoms with E-state index < -0.39 is 5.97 Å². The van der Waals surface area contributed by atoms with Gasteiger partial charge in [-0.05, 0) is 55.0 Å². The summed E-state index contributed by atoms with van der Waals surface area (Å²) in [5.74, 6) is 0.622. The van der Waals surface area contributed by atoms with Crippen LogP contribution in [0.3, 0.4) is 0 Å². The lowest BCUT2D eigenvalue weighted by Crippen LogP contribution is -2.11. The maximum atomic E-state index is 12.6. The summed E-state index contributed by atoms with van der Waals surface area (Å²) in [6.07, 6.45) is 1.28. The number of hydrogen-bond donors (Lipinski definition) is 1. The molecule has 3 aromatic rings. The van der Waals surface area contributed by atoms with Crippen molar-refractivity contribution in [2.24, 2.45) is 4.99 Å². The van der Waals surface area contributed by atoms with Crippen molar-refractivity contribution in [1.29, 1.82) is 0 Å². The third-order valence-electron chi connectivity index (χ3n) is 4.84.